The van der Waals surface area contributed by atoms with Crippen molar-refractivity contribution < 1.29 is 14.4 Å². The van der Waals surface area contributed by atoms with Crippen molar-refractivity contribution in [3.05, 3.63) is 0 Å². The third kappa shape index (κ3) is 16.4. The number of likely N-dealkylation sites (N-methyl/N-ethyl adjacent to an activating group) is 1. The number of aliphatic hydroxyl groups excluding tert-OH is 1. The van der Waals surface area contributed by atoms with E-state index in [0.717, 1.165) is 12.8 Å². The summed E-state index contributed by atoms with van der Waals surface area (Å²) in [5, 5.41) is 9.88. The van der Waals surface area contributed by atoms with Gasteiger partial charge in [0, 0.05) is 6.42 Å². The second-order valence-electron chi connectivity index (χ2n) is 8.45. The highest BCUT2D eigenvalue weighted by Crippen LogP contribution is 2.13. The van der Waals surface area contributed by atoms with Crippen LogP contribution in [0.4, 0.5) is 0 Å². The highest BCUT2D eigenvalue weighted by molar-refractivity contribution is 5.82. The fourth-order valence-corrected chi connectivity index (χ4v) is 3.10. The number of nitrogens with zero attached hydrogens (tertiary/aromatic N) is 1. The van der Waals surface area contributed by atoms with Crippen LogP contribution < -0.4 is 0 Å². The zero-order valence-electron chi connectivity index (χ0n) is 17.0. The van der Waals surface area contributed by atoms with Gasteiger partial charge in [-0.2, -0.15) is 0 Å². The van der Waals surface area contributed by atoms with Crippen molar-refractivity contribution in [2.75, 3.05) is 27.7 Å². The predicted octanol–water partition coefficient (Wildman–Crippen LogP) is 5.10. The average molecular weight is 343 g/mol. The van der Waals surface area contributed by atoms with Crippen molar-refractivity contribution in [1.29, 1.82) is 0 Å². The Balaban J connectivity index is 3.32. The van der Waals surface area contributed by atoms with Crippen LogP contribution in [0.25, 0.3) is 0 Å². The molecule has 0 saturated heterocycles. The molecule has 24 heavy (non-hydrogen) atoms. The van der Waals surface area contributed by atoms with Gasteiger partial charge in [-0.05, 0) is 6.42 Å². The maximum absolute atomic E-state index is 11.9. The number of rotatable bonds is 17. The van der Waals surface area contributed by atoms with Gasteiger partial charge in [-0.25, -0.2) is 0 Å². The number of carbonyl (C=O) groups is 1. The highest BCUT2D eigenvalue weighted by atomic mass is 16.3. The van der Waals surface area contributed by atoms with Gasteiger partial charge in [-0.1, -0.05) is 84.0 Å². The van der Waals surface area contributed by atoms with Gasteiger partial charge in [0.25, 0.3) is 0 Å². The monoisotopic (exact) mass is 342 g/mol. The molecule has 0 bridgehead atoms. The first-order valence-corrected chi connectivity index (χ1v) is 10.4. The van der Waals surface area contributed by atoms with Crippen molar-refractivity contribution in [2.24, 2.45) is 0 Å². The minimum absolute atomic E-state index is 0.0196. The summed E-state index contributed by atoms with van der Waals surface area (Å²) in [6.07, 6.45) is 16.8. The summed E-state index contributed by atoms with van der Waals surface area (Å²) < 4.78 is 0.630. The molecule has 0 radical (unpaired) electrons. The van der Waals surface area contributed by atoms with Crippen LogP contribution >= 0.6 is 0 Å². The molecule has 0 aromatic rings. The van der Waals surface area contributed by atoms with Gasteiger partial charge < -0.3 is 9.59 Å². The molecule has 0 heterocycles. The number of hydrogen-bond acceptors (Lipinski definition) is 2. The second-order valence-corrected chi connectivity index (χ2v) is 8.45. The number of carbonyl (C=O) groups excluding carboxylic acids is 1. The van der Waals surface area contributed by atoms with Crippen LogP contribution in [0.5, 0.6) is 0 Å². The van der Waals surface area contributed by atoms with Crippen LogP contribution in [-0.4, -0.2) is 49.2 Å². The molecule has 1 unspecified atom stereocenters. The minimum Gasteiger partial charge on any atom is -0.380 e. The molecule has 0 saturated carbocycles. The Kier molecular flexibility index (Phi) is 14.6. The van der Waals surface area contributed by atoms with Crippen molar-refractivity contribution >= 4 is 5.78 Å². The number of unbranched alkanes of at least 4 members (excludes halogenated alkanes) is 12. The summed E-state index contributed by atoms with van der Waals surface area (Å²) in [5.41, 5.74) is 0. The third-order valence-corrected chi connectivity index (χ3v) is 4.62. The minimum atomic E-state index is -0.790. The van der Waals surface area contributed by atoms with Crippen LogP contribution in [-0.2, 0) is 4.79 Å². The van der Waals surface area contributed by atoms with E-state index >= 15 is 0 Å². The normalized spacial score (nSPS) is 13.2. The summed E-state index contributed by atoms with van der Waals surface area (Å²) in [6, 6.07) is 0. The molecule has 1 N–H and O–H groups in total. The lowest BCUT2D eigenvalue weighted by atomic mass is 10.0. The van der Waals surface area contributed by atoms with Gasteiger partial charge in [-0.15, -0.1) is 0 Å². The van der Waals surface area contributed by atoms with Crippen molar-refractivity contribution in [2.45, 2.75) is 103 Å². The van der Waals surface area contributed by atoms with E-state index in [2.05, 4.69) is 6.92 Å². The number of ketones is 1. The fourth-order valence-electron chi connectivity index (χ4n) is 3.10. The molecule has 3 heteroatoms. The number of quaternary nitrogens is 1. The standard InChI is InChI=1S/C21H44NO2/c1-5-6-7-8-9-10-11-12-13-14-15-16-17-18-20(23)21(24)19-22(2,3)4/h21,24H,5-19H2,1-4H3/q+1. The maximum Gasteiger partial charge on any atom is 0.167 e. The Morgan fingerprint density at radius 2 is 1.12 bits per heavy atom. The molecule has 0 aliphatic carbocycles. The molecule has 3 nitrogen and oxygen atoms in total. The largest absolute Gasteiger partial charge is 0.380 e. The zero-order valence-corrected chi connectivity index (χ0v) is 17.0. The van der Waals surface area contributed by atoms with Gasteiger partial charge in [0.15, 0.2) is 11.9 Å². The van der Waals surface area contributed by atoms with Gasteiger partial charge in [-0.3, -0.25) is 4.79 Å². The first kappa shape index (κ1) is 23.6. The molecule has 0 fully saturated rings. The summed E-state index contributed by atoms with van der Waals surface area (Å²) in [5.74, 6) is 0.0196. The van der Waals surface area contributed by atoms with E-state index in [0.29, 0.717) is 17.4 Å². The Labute approximate surface area is 151 Å². The van der Waals surface area contributed by atoms with E-state index < -0.39 is 6.10 Å². The molecular formula is C21H44NO2+. The van der Waals surface area contributed by atoms with E-state index in [4.69, 9.17) is 0 Å². The molecule has 0 rings (SSSR count). The molecule has 0 aromatic heterocycles. The van der Waals surface area contributed by atoms with Crippen molar-refractivity contribution in [1.82, 2.24) is 0 Å². The second kappa shape index (κ2) is 14.9. The van der Waals surface area contributed by atoms with E-state index in [1.165, 1.54) is 70.6 Å². The van der Waals surface area contributed by atoms with Crippen LogP contribution in [0.15, 0.2) is 0 Å². The summed E-state index contributed by atoms with van der Waals surface area (Å²) in [6.45, 7) is 2.78. The topological polar surface area (TPSA) is 37.3 Å². The van der Waals surface area contributed by atoms with Crippen LogP contribution in [0.3, 0.4) is 0 Å². The van der Waals surface area contributed by atoms with Crippen LogP contribution in [0.1, 0.15) is 96.8 Å². The highest BCUT2D eigenvalue weighted by Gasteiger charge is 2.21. The first-order valence-electron chi connectivity index (χ1n) is 10.4. The fraction of sp³-hybridized carbons (Fsp3) is 0.952. The number of Topliss-reactive ketones (excluding diaryl/α,β-unsaturated/α-hetero) is 1. The third-order valence-electron chi connectivity index (χ3n) is 4.62. The summed E-state index contributed by atoms with van der Waals surface area (Å²) in [7, 11) is 6.01. The van der Waals surface area contributed by atoms with E-state index in [1.807, 2.05) is 21.1 Å². The van der Waals surface area contributed by atoms with Gasteiger partial charge in [0.05, 0.1) is 21.1 Å². The Bertz CT molecular complexity index is 297. The van der Waals surface area contributed by atoms with Gasteiger partial charge in [0.1, 0.15) is 6.54 Å². The molecule has 0 aliphatic heterocycles. The van der Waals surface area contributed by atoms with E-state index in [1.54, 1.807) is 0 Å². The lowest BCUT2D eigenvalue weighted by Crippen LogP contribution is -2.44. The molecule has 144 valence electrons. The first-order chi connectivity index (χ1) is 11.4. The molecule has 0 spiro atoms. The SMILES string of the molecule is CCCCCCCCCCCCCCCC(=O)C(O)C[N+](C)(C)C. The smallest absolute Gasteiger partial charge is 0.167 e. The lowest BCUT2D eigenvalue weighted by Gasteiger charge is -2.26. The van der Waals surface area contributed by atoms with Gasteiger partial charge >= 0.3 is 0 Å². The summed E-state index contributed by atoms with van der Waals surface area (Å²) in [4.78, 5) is 11.9. The van der Waals surface area contributed by atoms with Crippen molar-refractivity contribution in [3.63, 3.8) is 0 Å². The molecule has 0 aromatic carbocycles. The van der Waals surface area contributed by atoms with E-state index in [-0.39, 0.29) is 5.78 Å². The molecule has 0 aliphatic rings. The Morgan fingerprint density at radius 1 is 0.750 bits per heavy atom. The maximum atomic E-state index is 11.9. The number of aliphatic hydroxyl groups is 1. The zero-order chi connectivity index (χ0) is 18.3. The van der Waals surface area contributed by atoms with Crippen LogP contribution in [0.2, 0.25) is 0 Å². The molecule has 1 atom stereocenters. The van der Waals surface area contributed by atoms with Gasteiger partial charge in [0.2, 0.25) is 0 Å². The van der Waals surface area contributed by atoms with E-state index in [9.17, 15) is 9.90 Å². The predicted molar refractivity (Wildman–Crippen MR) is 104 cm³/mol. The molecular weight excluding hydrogens is 298 g/mol. The quantitative estimate of drug-likeness (QED) is 0.295. The molecule has 0 amide bonds. The lowest BCUT2D eigenvalue weighted by molar-refractivity contribution is -0.872. The van der Waals surface area contributed by atoms with Crippen LogP contribution in [0, 0.1) is 0 Å². The summed E-state index contributed by atoms with van der Waals surface area (Å²) >= 11 is 0. The Morgan fingerprint density at radius 3 is 1.50 bits per heavy atom. The average Bonchev–Trinajstić information content (AvgIpc) is 2.50. The Hall–Kier alpha value is -0.410. The van der Waals surface area contributed by atoms with Crippen molar-refractivity contribution in [3.8, 4) is 0 Å². The number of hydrogen-bond donors (Lipinski definition) is 1.